The van der Waals surface area contributed by atoms with Gasteiger partial charge in [0.2, 0.25) is 21.8 Å². The number of amides is 5. The number of carbonyl (C=O) groups is 4. The number of fused-ring (bicyclic) bond motifs is 3. The van der Waals surface area contributed by atoms with Crippen LogP contribution in [0.4, 0.5) is 4.79 Å². The Labute approximate surface area is 321 Å². The summed E-state index contributed by atoms with van der Waals surface area (Å²) in [4.78, 5) is 61.9. The average molecular weight is 769 g/mol. The van der Waals surface area contributed by atoms with Gasteiger partial charge in [-0.15, -0.1) is 6.58 Å². The van der Waals surface area contributed by atoms with Gasteiger partial charge in [-0.05, 0) is 56.2 Å². The molecule has 1 aromatic heterocycles. The van der Waals surface area contributed by atoms with Gasteiger partial charge < -0.3 is 25.6 Å². The van der Waals surface area contributed by atoms with E-state index in [4.69, 9.17) is 9.72 Å². The topological polar surface area (TPSA) is 176 Å². The van der Waals surface area contributed by atoms with Crippen molar-refractivity contribution in [1.82, 2.24) is 30.6 Å². The van der Waals surface area contributed by atoms with Crippen LogP contribution in [0.15, 0.2) is 73.3 Å². The van der Waals surface area contributed by atoms with Gasteiger partial charge in [-0.1, -0.05) is 74.4 Å². The van der Waals surface area contributed by atoms with Crippen LogP contribution in [0.5, 0.6) is 5.75 Å². The summed E-state index contributed by atoms with van der Waals surface area (Å²) in [7, 11) is -3.89. The highest BCUT2D eigenvalue weighted by Crippen LogP contribution is 2.45. The van der Waals surface area contributed by atoms with E-state index < -0.39 is 68.7 Å². The molecule has 3 fully saturated rings. The SMILES string of the molecule is C=C[C@H]1C[C@]1(NC(=O)[C@@H]1C[C@@H]2CN1C(=O)[C@H](CCCC)NC(=O)NCCC/C=C/c1ccc3nc(-c4ccccc4)cc(c3c1)O2)C(=O)NS(=O)(=O)C1CC1. The fourth-order valence-corrected chi connectivity index (χ4v) is 8.82. The lowest BCUT2D eigenvalue weighted by Crippen LogP contribution is -2.58. The lowest BCUT2D eigenvalue weighted by atomic mass is 10.1. The van der Waals surface area contributed by atoms with Gasteiger partial charge in [-0.25, -0.2) is 18.2 Å². The van der Waals surface area contributed by atoms with Gasteiger partial charge in [-0.2, -0.15) is 0 Å². The fraction of sp³-hybridized carbons (Fsp3) is 0.439. The van der Waals surface area contributed by atoms with Crippen LogP contribution in [0.3, 0.4) is 0 Å². The number of nitrogens with zero attached hydrogens (tertiary/aromatic N) is 2. The molecule has 14 heteroatoms. The van der Waals surface area contributed by atoms with E-state index in [1.807, 2.05) is 73.7 Å². The molecule has 1 saturated heterocycles. The molecular weight excluding hydrogens is 721 g/mol. The van der Waals surface area contributed by atoms with Gasteiger partial charge in [0.05, 0.1) is 23.0 Å². The van der Waals surface area contributed by atoms with Crippen LogP contribution in [0.2, 0.25) is 0 Å². The number of hydrogen-bond donors (Lipinski definition) is 4. The third-order valence-electron chi connectivity index (χ3n) is 10.8. The molecule has 0 unspecified atom stereocenters. The number of pyridine rings is 1. The van der Waals surface area contributed by atoms with Gasteiger partial charge in [0, 0.05) is 35.9 Å². The third kappa shape index (κ3) is 8.38. The van der Waals surface area contributed by atoms with Gasteiger partial charge in [-0.3, -0.25) is 19.1 Å². The van der Waals surface area contributed by atoms with Crippen LogP contribution in [-0.2, 0) is 24.4 Å². The monoisotopic (exact) mass is 768 g/mol. The van der Waals surface area contributed by atoms with Gasteiger partial charge in [0.25, 0.3) is 5.91 Å². The molecule has 3 heterocycles. The molecule has 13 nitrogen and oxygen atoms in total. The predicted octanol–water partition coefficient (Wildman–Crippen LogP) is 4.58. The summed E-state index contributed by atoms with van der Waals surface area (Å²) in [5, 5.41) is 8.68. The second-order valence-electron chi connectivity index (χ2n) is 15.0. The molecule has 2 aliphatic carbocycles. The third-order valence-corrected chi connectivity index (χ3v) is 12.7. The van der Waals surface area contributed by atoms with Gasteiger partial charge in [0.15, 0.2) is 0 Å². The summed E-state index contributed by atoms with van der Waals surface area (Å²) in [6.07, 6.45) is 9.28. The highest BCUT2D eigenvalue weighted by molar-refractivity contribution is 7.91. The summed E-state index contributed by atoms with van der Waals surface area (Å²) in [6, 6.07) is 15.0. The van der Waals surface area contributed by atoms with Crippen LogP contribution < -0.4 is 25.4 Å². The number of allylic oxidation sites excluding steroid dienone is 1. The lowest BCUT2D eigenvalue weighted by Gasteiger charge is -2.30. The van der Waals surface area contributed by atoms with Crippen molar-refractivity contribution in [2.24, 2.45) is 5.92 Å². The fourth-order valence-electron chi connectivity index (χ4n) is 7.46. The average Bonchev–Trinajstić information content (AvgIpc) is 4.11. The normalized spacial score (nSPS) is 26.2. The largest absolute Gasteiger partial charge is 0.488 e. The predicted molar refractivity (Wildman–Crippen MR) is 209 cm³/mol. The van der Waals surface area contributed by atoms with Gasteiger partial charge >= 0.3 is 6.03 Å². The number of sulfonamides is 1. The molecule has 5 atom stereocenters. The first kappa shape index (κ1) is 38.1. The molecular formula is C41H48N6O7S. The van der Waals surface area contributed by atoms with E-state index in [1.165, 1.54) is 11.0 Å². The molecule has 4 aliphatic rings. The Bertz CT molecular complexity index is 2120. The second kappa shape index (κ2) is 15.9. The number of nitrogens with one attached hydrogen (secondary N) is 4. The number of unbranched alkanes of at least 4 members (excludes halogenated alkanes) is 1. The van der Waals surface area contributed by atoms with E-state index in [1.54, 1.807) is 0 Å². The first-order chi connectivity index (χ1) is 26.5. The Kier molecular flexibility index (Phi) is 11.0. The summed E-state index contributed by atoms with van der Waals surface area (Å²) in [5.41, 5.74) is 1.71. The zero-order chi connectivity index (χ0) is 38.7. The molecule has 290 valence electrons. The van der Waals surface area contributed by atoms with Crippen LogP contribution >= 0.6 is 0 Å². The molecule has 0 spiro atoms. The molecule has 5 amide bonds. The molecule has 55 heavy (non-hydrogen) atoms. The van der Waals surface area contributed by atoms with E-state index >= 15 is 0 Å². The van der Waals surface area contributed by atoms with Crippen LogP contribution in [0.1, 0.15) is 70.3 Å². The maximum atomic E-state index is 14.5. The molecule has 4 N–H and O–H groups in total. The van der Waals surface area contributed by atoms with E-state index in [9.17, 15) is 27.6 Å². The number of ether oxygens (including phenoxy) is 1. The standard InChI is InChI=1S/C41H48N6O7S/c1-3-5-15-33-38(49)47-25-29(22-35(47)37(48)45-41(24-28(41)4-2)39(50)46-55(52,53)30-17-18-30)54-36-23-34(27-13-9-6-10-14-27)43-32-19-16-26(21-31(32)36)12-8-7-11-20-42-40(51)44-33/h4,6,8-10,12-14,16,19,21,23,28-30,33,35H,2-3,5,7,11,15,17-18,20,22,24-25H2,1H3,(H,45,48)(H,46,50)(H2,42,44,51)/b12-8+/t28-,29+,33-,35-,41+/m0/s1. The van der Waals surface area contributed by atoms with E-state index in [-0.39, 0.29) is 19.4 Å². The minimum Gasteiger partial charge on any atom is -0.488 e. The Morgan fingerprint density at radius 3 is 2.65 bits per heavy atom. The molecule has 2 saturated carbocycles. The smallest absolute Gasteiger partial charge is 0.315 e. The van der Waals surface area contributed by atoms with Crippen molar-refractivity contribution in [3.05, 3.63) is 78.9 Å². The number of hydrogen-bond acceptors (Lipinski definition) is 8. The Hall–Kier alpha value is -5.24. The Balaban J connectivity index is 1.25. The summed E-state index contributed by atoms with van der Waals surface area (Å²) < 4.78 is 34.5. The summed E-state index contributed by atoms with van der Waals surface area (Å²) >= 11 is 0. The minimum absolute atomic E-state index is 0.0209. The minimum atomic E-state index is -3.89. The highest BCUT2D eigenvalue weighted by Gasteiger charge is 2.62. The van der Waals surface area contributed by atoms with Crippen molar-refractivity contribution in [3.63, 3.8) is 0 Å². The maximum Gasteiger partial charge on any atom is 0.315 e. The van der Waals surface area contributed by atoms with Crippen molar-refractivity contribution < 1.29 is 32.3 Å². The maximum absolute atomic E-state index is 14.5. The second-order valence-corrected chi connectivity index (χ2v) is 16.9. The lowest BCUT2D eigenvalue weighted by molar-refractivity contribution is -0.141. The van der Waals surface area contributed by atoms with Crippen LogP contribution in [0.25, 0.3) is 28.2 Å². The molecule has 4 bridgehead atoms. The van der Waals surface area contributed by atoms with Crippen LogP contribution in [0, 0.1) is 5.92 Å². The van der Waals surface area contributed by atoms with Crippen molar-refractivity contribution >= 4 is 50.8 Å². The molecule has 2 aromatic carbocycles. The first-order valence-electron chi connectivity index (χ1n) is 19.2. The first-order valence-corrected chi connectivity index (χ1v) is 20.7. The number of rotatable bonds is 10. The number of carbonyl (C=O) groups excluding carboxylic acids is 4. The number of urea groups is 1. The van der Waals surface area contributed by atoms with E-state index in [2.05, 4.69) is 27.3 Å². The molecule has 3 aromatic rings. The molecule has 7 rings (SSSR count). The van der Waals surface area contributed by atoms with Gasteiger partial charge in [0.1, 0.15) is 29.5 Å². The zero-order valence-electron chi connectivity index (χ0n) is 31.0. The van der Waals surface area contributed by atoms with E-state index in [0.717, 1.165) is 29.4 Å². The van der Waals surface area contributed by atoms with Crippen molar-refractivity contribution in [1.29, 1.82) is 0 Å². The Morgan fingerprint density at radius 2 is 1.93 bits per heavy atom. The van der Waals surface area contributed by atoms with Crippen molar-refractivity contribution in [2.45, 2.75) is 93.7 Å². The number of benzene rings is 2. The number of aromatic nitrogens is 1. The van der Waals surface area contributed by atoms with Crippen molar-refractivity contribution in [3.8, 4) is 17.0 Å². The molecule has 0 radical (unpaired) electrons. The summed E-state index contributed by atoms with van der Waals surface area (Å²) in [5.74, 6) is -1.86. The van der Waals surface area contributed by atoms with E-state index in [0.29, 0.717) is 55.6 Å². The molecule has 2 aliphatic heterocycles. The quantitative estimate of drug-likeness (QED) is 0.217. The van der Waals surface area contributed by atoms with Crippen molar-refractivity contribution in [2.75, 3.05) is 13.1 Å². The summed E-state index contributed by atoms with van der Waals surface area (Å²) in [6.45, 7) is 6.21. The van der Waals surface area contributed by atoms with Crippen LogP contribution in [-0.4, -0.2) is 84.1 Å². The zero-order valence-corrected chi connectivity index (χ0v) is 31.8. The Morgan fingerprint density at radius 1 is 1.13 bits per heavy atom. The highest BCUT2D eigenvalue weighted by atomic mass is 32.2.